The zero-order chi connectivity index (χ0) is 15.6. The number of hydrogen-bond acceptors (Lipinski definition) is 3. The van der Waals surface area contributed by atoms with Crippen molar-refractivity contribution in [1.29, 1.82) is 0 Å². The summed E-state index contributed by atoms with van der Waals surface area (Å²) in [5, 5.41) is 9.78. The average Bonchev–Trinajstić information content (AvgIpc) is 2.42. The van der Waals surface area contributed by atoms with E-state index in [4.69, 9.17) is 21.4 Å². The molecule has 2 aromatic rings. The summed E-state index contributed by atoms with van der Waals surface area (Å²) in [6.45, 7) is 5.68. The zero-order valence-electron chi connectivity index (χ0n) is 12.1. The topological polar surface area (TPSA) is 59.4 Å². The van der Waals surface area contributed by atoms with E-state index in [0.717, 1.165) is 11.1 Å². The minimum absolute atomic E-state index is 0.168. The Labute approximate surface area is 128 Å². The number of ether oxygens (including phenoxy) is 1. The molecule has 0 aliphatic rings. The van der Waals surface area contributed by atoms with E-state index in [0.29, 0.717) is 22.9 Å². The fourth-order valence-electron chi connectivity index (χ4n) is 2.08. The highest BCUT2D eigenvalue weighted by Gasteiger charge is 2.12. The molecule has 110 valence electrons. The van der Waals surface area contributed by atoms with Gasteiger partial charge in [0.05, 0.1) is 5.56 Å². The standard InChI is InChI=1S/C16H16ClNO3/c1-4-13-7-11(16(19)20)8-14(18-13)21-15-9(2)5-12(17)6-10(15)3/h5-8H,4H2,1-3H3,(H,19,20). The number of carbonyl (C=O) groups is 1. The van der Waals surface area contributed by atoms with Crippen LogP contribution in [0.3, 0.4) is 0 Å². The second kappa shape index (κ2) is 6.14. The number of aromatic carboxylic acids is 1. The third kappa shape index (κ3) is 3.52. The molecule has 0 spiro atoms. The maximum atomic E-state index is 11.2. The van der Waals surface area contributed by atoms with Crippen molar-refractivity contribution in [3.05, 3.63) is 51.7 Å². The number of carboxylic acids is 1. The van der Waals surface area contributed by atoms with E-state index in [9.17, 15) is 4.79 Å². The van der Waals surface area contributed by atoms with Gasteiger partial charge >= 0.3 is 5.97 Å². The van der Waals surface area contributed by atoms with E-state index in [2.05, 4.69) is 4.98 Å². The number of benzene rings is 1. The SMILES string of the molecule is CCc1cc(C(=O)O)cc(Oc2c(C)cc(Cl)cc2C)n1. The molecule has 0 amide bonds. The first-order chi connectivity index (χ1) is 9.90. The second-order valence-corrected chi connectivity index (χ2v) is 5.25. The Kier molecular flexibility index (Phi) is 4.48. The highest BCUT2D eigenvalue weighted by Crippen LogP contribution is 2.31. The van der Waals surface area contributed by atoms with Gasteiger partial charge in [0.25, 0.3) is 0 Å². The van der Waals surface area contributed by atoms with Gasteiger partial charge in [-0.25, -0.2) is 9.78 Å². The van der Waals surface area contributed by atoms with Gasteiger partial charge in [-0.15, -0.1) is 0 Å². The lowest BCUT2D eigenvalue weighted by Gasteiger charge is -2.12. The number of aryl methyl sites for hydroxylation is 3. The number of halogens is 1. The van der Waals surface area contributed by atoms with Gasteiger partial charge in [-0.3, -0.25) is 0 Å². The number of hydrogen-bond donors (Lipinski definition) is 1. The van der Waals surface area contributed by atoms with Gasteiger partial charge in [0.2, 0.25) is 5.88 Å². The minimum atomic E-state index is -0.999. The molecule has 1 N–H and O–H groups in total. The summed E-state index contributed by atoms with van der Waals surface area (Å²) in [6.07, 6.45) is 0.635. The fourth-order valence-corrected chi connectivity index (χ4v) is 2.41. The van der Waals surface area contributed by atoms with Gasteiger partial charge in [-0.2, -0.15) is 0 Å². The van der Waals surface area contributed by atoms with Gasteiger partial charge in [0.1, 0.15) is 5.75 Å². The highest BCUT2D eigenvalue weighted by molar-refractivity contribution is 6.30. The molecular weight excluding hydrogens is 290 g/mol. The Morgan fingerprint density at radius 3 is 2.38 bits per heavy atom. The molecule has 0 atom stereocenters. The molecule has 5 heteroatoms. The van der Waals surface area contributed by atoms with Crippen LogP contribution in [0.2, 0.25) is 5.02 Å². The van der Waals surface area contributed by atoms with Crippen molar-refractivity contribution in [3.8, 4) is 11.6 Å². The van der Waals surface area contributed by atoms with E-state index in [1.54, 1.807) is 18.2 Å². The van der Waals surface area contributed by atoms with Crippen LogP contribution in [0.1, 0.15) is 34.1 Å². The second-order valence-electron chi connectivity index (χ2n) is 4.81. The maximum Gasteiger partial charge on any atom is 0.335 e. The third-order valence-electron chi connectivity index (χ3n) is 3.10. The molecule has 0 aliphatic carbocycles. The van der Waals surface area contributed by atoms with Crippen LogP contribution in [0.15, 0.2) is 24.3 Å². The van der Waals surface area contributed by atoms with E-state index in [-0.39, 0.29) is 11.4 Å². The van der Waals surface area contributed by atoms with Crippen LogP contribution in [0.5, 0.6) is 11.6 Å². The monoisotopic (exact) mass is 305 g/mol. The van der Waals surface area contributed by atoms with Crippen molar-refractivity contribution in [2.24, 2.45) is 0 Å². The Bertz CT molecular complexity index is 675. The molecule has 0 radical (unpaired) electrons. The predicted octanol–water partition coefficient (Wildman–Crippen LogP) is 4.40. The molecule has 0 saturated carbocycles. The highest BCUT2D eigenvalue weighted by atomic mass is 35.5. The van der Waals surface area contributed by atoms with Crippen molar-refractivity contribution in [1.82, 2.24) is 4.98 Å². The molecule has 0 saturated heterocycles. The first kappa shape index (κ1) is 15.3. The predicted molar refractivity (Wildman–Crippen MR) is 81.6 cm³/mol. The summed E-state index contributed by atoms with van der Waals surface area (Å²) in [4.78, 5) is 15.5. The van der Waals surface area contributed by atoms with Crippen LogP contribution in [0, 0.1) is 13.8 Å². The molecule has 0 aliphatic heterocycles. The lowest BCUT2D eigenvalue weighted by molar-refractivity contribution is 0.0696. The molecule has 1 heterocycles. The number of pyridine rings is 1. The molecule has 1 aromatic heterocycles. The van der Waals surface area contributed by atoms with E-state index in [1.165, 1.54) is 6.07 Å². The summed E-state index contributed by atoms with van der Waals surface area (Å²) in [6, 6.07) is 6.57. The van der Waals surface area contributed by atoms with E-state index >= 15 is 0 Å². The molecule has 21 heavy (non-hydrogen) atoms. The van der Waals surface area contributed by atoms with Gasteiger partial charge < -0.3 is 9.84 Å². The van der Waals surface area contributed by atoms with Gasteiger partial charge in [0, 0.05) is 16.8 Å². The lowest BCUT2D eigenvalue weighted by atomic mass is 10.1. The van der Waals surface area contributed by atoms with Crippen molar-refractivity contribution in [2.75, 3.05) is 0 Å². The summed E-state index contributed by atoms with van der Waals surface area (Å²) in [5.41, 5.74) is 2.59. The quantitative estimate of drug-likeness (QED) is 0.909. The van der Waals surface area contributed by atoms with Crippen LogP contribution in [0.25, 0.3) is 0 Å². The molecule has 0 unspecified atom stereocenters. The zero-order valence-corrected chi connectivity index (χ0v) is 12.9. The maximum absolute atomic E-state index is 11.2. The molecule has 1 aromatic carbocycles. The Hall–Kier alpha value is -2.07. The summed E-state index contributed by atoms with van der Waals surface area (Å²) in [7, 11) is 0. The lowest BCUT2D eigenvalue weighted by Crippen LogP contribution is -2.02. The van der Waals surface area contributed by atoms with Gasteiger partial charge in [-0.1, -0.05) is 18.5 Å². The Balaban J connectivity index is 2.44. The van der Waals surface area contributed by atoms with Gasteiger partial charge in [-0.05, 0) is 49.6 Å². The molecule has 0 fully saturated rings. The summed E-state index contributed by atoms with van der Waals surface area (Å²) >= 11 is 5.99. The summed E-state index contributed by atoms with van der Waals surface area (Å²) < 4.78 is 5.80. The Morgan fingerprint density at radius 1 is 1.24 bits per heavy atom. The third-order valence-corrected chi connectivity index (χ3v) is 3.31. The largest absolute Gasteiger partial charge is 0.478 e. The van der Waals surface area contributed by atoms with Crippen molar-refractivity contribution in [2.45, 2.75) is 27.2 Å². The van der Waals surface area contributed by atoms with E-state index in [1.807, 2.05) is 20.8 Å². The first-order valence-electron chi connectivity index (χ1n) is 6.59. The minimum Gasteiger partial charge on any atom is -0.478 e. The van der Waals surface area contributed by atoms with Crippen molar-refractivity contribution < 1.29 is 14.6 Å². The number of rotatable bonds is 4. The van der Waals surface area contributed by atoms with Gasteiger partial charge in [0.15, 0.2) is 0 Å². The molecule has 0 bridgehead atoms. The normalized spacial score (nSPS) is 10.5. The summed E-state index contributed by atoms with van der Waals surface area (Å²) in [5.74, 6) is -0.0711. The number of nitrogens with zero attached hydrogens (tertiary/aromatic N) is 1. The van der Waals surface area contributed by atoms with Crippen LogP contribution in [-0.2, 0) is 6.42 Å². The molecule has 4 nitrogen and oxygen atoms in total. The first-order valence-corrected chi connectivity index (χ1v) is 6.97. The van der Waals surface area contributed by atoms with Crippen LogP contribution >= 0.6 is 11.6 Å². The van der Waals surface area contributed by atoms with Crippen molar-refractivity contribution >= 4 is 17.6 Å². The van der Waals surface area contributed by atoms with Crippen molar-refractivity contribution in [3.63, 3.8) is 0 Å². The van der Waals surface area contributed by atoms with Crippen LogP contribution in [0.4, 0.5) is 0 Å². The molecule has 2 rings (SSSR count). The van der Waals surface area contributed by atoms with Crippen LogP contribution in [-0.4, -0.2) is 16.1 Å². The molecular formula is C16H16ClNO3. The smallest absolute Gasteiger partial charge is 0.335 e. The average molecular weight is 306 g/mol. The number of carboxylic acid groups (broad SMARTS) is 1. The van der Waals surface area contributed by atoms with E-state index < -0.39 is 5.97 Å². The number of aromatic nitrogens is 1. The van der Waals surface area contributed by atoms with Crippen LogP contribution < -0.4 is 4.74 Å². The fraction of sp³-hybridized carbons (Fsp3) is 0.250. The Morgan fingerprint density at radius 2 is 1.86 bits per heavy atom.